The number of nitrogens with two attached hydrogens (primary N) is 1. The lowest BCUT2D eigenvalue weighted by atomic mass is 10.0. The zero-order valence-corrected chi connectivity index (χ0v) is 7.51. The molecule has 0 amide bonds. The molecule has 2 fully saturated rings. The average molecular weight is 154 g/mol. The van der Waals surface area contributed by atoms with Crippen LogP contribution in [0.1, 0.15) is 25.7 Å². The van der Waals surface area contributed by atoms with Crippen LogP contribution in [0.2, 0.25) is 0 Å². The summed E-state index contributed by atoms with van der Waals surface area (Å²) in [6.07, 6.45) is 5.29. The molecule has 0 spiro atoms. The highest BCUT2D eigenvalue weighted by Crippen LogP contribution is 2.47. The maximum atomic E-state index is 6.19. The van der Waals surface area contributed by atoms with Crippen LogP contribution in [-0.4, -0.2) is 30.6 Å². The highest BCUT2D eigenvalue weighted by Gasteiger charge is 2.52. The first-order chi connectivity index (χ1) is 5.13. The molecule has 64 valence electrons. The van der Waals surface area contributed by atoms with E-state index in [0.717, 1.165) is 5.92 Å². The van der Waals surface area contributed by atoms with Gasteiger partial charge in [-0.3, -0.25) is 0 Å². The largest absolute Gasteiger partial charge is 0.324 e. The molecule has 0 radical (unpaired) electrons. The van der Waals surface area contributed by atoms with Gasteiger partial charge in [-0.05, 0) is 45.7 Å². The molecule has 2 rings (SSSR count). The van der Waals surface area contributed by atoms with E-state index in [0.29, 0.717) is 6.04 Å². The van der Waals surface area contributed by atoms with E-state index in [1.807, 2.05) is 0 Å². The Morgan fingerprint density at radius 3 is 2.18 bits per heavy atom. The molecule has 0 saturated heterocycles. The second-order valence-electron chi connectivity index (χ2n) is 4.48. The van der Waals surface area contributed by atoms with Crippen molar-refractivity contribution >= 4 is 0 Å². The van der Waals surface area contributed by atoms with Crippen molar-refractivity contribution in [1.82, 2.24) is 4.90 Å². The molecule has 0 aromatic rings. The van der Waals surface area contributed by atoms with Crippen molar-refractivity contribution < 1.29 is 0 Å². The van der Waals surface area contributed by atoms with Crippen molar-refractivity contribution in [2.75, 3.05) is 14.1 Å². The molecule has 2 aliphatic rings. The number of likely N-dealkylation sites (N-methyl/N-ethyl adjacent to an activating group) is 1. The molecule has 0 aromatic heterocycles. The van der Waals surface area contributed by atoms with Gasteiger partial charge in [-0.25, -0.2) is 0 Å². The van der Waals surface area contributed by atoms with Gasteiger partial charge >= 0.3 is 0 Å². The average Bonchev–Trinajstić information content (AvgIpc) is 2.70. The van der Waals surface area contributed by atoms with Gasteiger partial charge in [0.05, 0.1) is 0 Å². The van der Waals surface area contributed by atoms with Gasteiger partial charge in [-0.15, -0.1) is 0 Å². The molecule has 2 saturated carbocycles. The molecule has 0 aromatic carbocycles. The molecule has 0 bridgehead atoms. The third kappa shape index (κ3) is 1.30. The van der Waals surface area contributed by atoms with Crippen molar-refractivity contribution in [1.29, 1.82) is 0 Å². The van der Waals surface area contributed by atoms with E-state index in [4.69, 9.17) is 5.73 Å². The third-order valence-electron chi connectivity index (χ3n) is 3.04. The van der Waals surface area contributed by atoms with Gasteiger partial charge < -0.3 is 10.6 Å². The summed E-state index contributed by atoms with van der Waals surface area (Å²) >= 11 is 0. The van der Waals surface area contributed by atoms with Gasteiger partial charge in [0.25, 0.3) is 0 Å². The topological polar surface area (TPSA) is 29.3 Å². The van der Waals surface area contributed by atoms with E-state index in [2.05, 4.69) is 19.0 Å². The second-order valence-corrected chi connectivity index (χ2v) is 4.48. The Morgan fingerprint density at radius 1 is 1.36 bits per heavy atom. The van der Waals surface area contributed by atoms with Crippen molar-refractivity contribution in [3.63, 3.8) is 0 Å². The molecule has 2 nitrogen and oxygen atoms in total. The first-order valence-electron chi connectivity index (χ1n) is 4.59. The van der Waals surface area contributed by atoms with Crippen LogP contribution < -0.4 is 5.73 Å². The molecule has 0 aliphatic heterocycles. The fourth-order valence-electron chi connectivity index (χ4n) is 2.26. The predicted molar refractivity (Wildman–Crippen MR) is 46.4 cm³/mol. The van der Waals surface area contributed by atoms with Crippen LogP contribution in [0.4, 0.5) is 0 Å². The summed E-state index contributed by atoms with van der Waals surface area (Å²) < 4.78 is 0. The summed E-state index contributed by atoms with van der Waals surface area (Å²) in [4.78, 5) is 2.32. The fourth-order valence-corrected chi connectivity index (χ4v) is 2.26. The van der Waals surface area contributed by atoms with Gasteiger partial charge in [0.1, 0.15) is 0 Å². The van der Waals surface area contributed by atoms with Crippen LogP contribution in [0.15, 0.2) is 0 Å². The number of hydrogen-bond acceptors (Lipinski definition) is 2. The minimum absolute atomic E-state index is 0.199. The normalized spacial score (nSPS) is 30.5. The van der Waals surface area contributed by atoms with E-state index < -0.39 is 0 Å². The Balaban J connectivity index is 2.03. The standard InChI is InChI=1S/C9H18N2/c1-11(2)8(7-3-4-7)9(10)5-6-9/h7-8H,3-6,10H2,1-2H3. The smallest absolute Gasteiger partial charge is 0.0316 e. The Kier molecular flexibility index (Phi) is 1.52. The Bertz CT molecular complexity index is 155. The van der Waals surface area contributed by atoms with Gasteiger partial charge in [0.15, 0.2) is 0 Å². The summed E-state index contributed by atoms with van der Waals surface area (Å²) in [5, 5.41) is 0. The lowest BCUT2D eigenvalue weighted by molar-refractivity contribution is 0.215. The van der Waals surface area contributed by atoms with Crippen LogP contribution in [0, 0.1) is 5.92 Å². The maximum absolute atomic E-state index is 6.19. The highest BCUT2D eigenvalue weighted by molar-refractivity contribution is 5.12. The summed E-state index contributed by atoms with van der Waals surface area (Å²) in [5.41, 5.74) is 6.39. The minimum Gasteiger partial charge on any atom is -0.324 e. The molecule has 0 heterocycles. The van der Waals surface area contributed by atoms with E-state index in [1.54, 1.807) is 0 Å². The first-order valence-corrected chi connectivity index (χ1v) is 4.59. The van der Waals surface area contributed by atoms with E-state index in [-0.39, 0.29) is 5.54 Å². The minimum atomic E-state index is 0.199. The molecular weight excluding hydrogens is 136 g/mol. The van der Waals surface area contributed by atoms with Crippen LogP contribution in [-0.2, 0) is 0 Å². The van der Waals surface area contributed by atoms with E-state index in [1.165, 1.54) is 25.7 Å². The summed E-state index contributed by atoms with van der Waals surface area (Å²) in [6.45, 7) is 0. The monoisotopic (exact) mass is 154 g/mol. The van der Waals surface area contributed by atoms with Gasteiger partial charge in [-0.2, -0.15) is 0 Å². The Labute approximate surface area is 68.7 Å². The lowest BCUT2D eigenvalue weighted by Crippen LogP contribution is -2.47. The van der Waals surface area contributed by atoms with Crippen molar-refractivity contribution in [3.05, 3.63) is 0 Å². The predicted octanol–water partition coefficient (Wildman–Crippen LogP) is 0.818. The summed E-state index contributed by atoms with van der Waals surface area (Å²) in [7, 11) is 4.33. The first kappa shape index (κ1) is 7.56. The zero-order chi connectivity index (χ0) is 8.06. The number of nitrogens with zero attached hydrogens (tertiary/aromatic N) is 1. The van der Waals surface area contributed by atoms with Crippen LogP contribution >= 0.6 is 0 Å². The van der Waals surface area contributed by atoms with Gasteiger partial charge in [0, 0.05) is 11.6 Å². The Morgan fingerprint density at radius 2 is 1.91 bits per heavy atom. The zero-order valence-electron chi connectivity index (χ0n) is 7.51. The number of hydrogen-bond donors (Lipinski definition) is 1. The SMILES string of the molecule is CN(C)C(C1CC1)C1(N)CC1. The van der Waals surface area contributed by atoms with Gasteiger partial charge in [0.2, 0.25) is 0 Å². The summed E-state index contributed by atoms with van der Waals surface area (Å²) in [6, 6.07) is 0.669. The molecule has 1 atom stereocenters. The Hall–Kier alpha value is -0.0800. The fraction of sp³-hybridized carbons (Fsp3) is 1.00. The van der Waals surface area contributed by atoms with E-state index >= 15 is 0 Å². The summed E-state index contributed by atoms with van der Waals surface area (Å²) in [5.74, 6) is 0.914. The van der Waals surface area contributed by atoms with Crippen LogP contribution in [0.5, 0.6) is 0 Å². The second kappa shape index (κ2) is 2.20. The molecule has 2 N–H and O–H groups in total. The lowest BCUT2D eigenvalue weighted by Gasteiger charge is -2.30. The van der Waals surface area contributed by atoms with Crippen LogP contribution in [0.3, 0.4) is 0 Å². The van der Waals surface area contributed by atoms with Gasteiger partial charge in [-0.1, -0.05) is 0 Å². The maximum Gasteiger partial charge on any atom is 0.0316 e. The third-order valence-corrected chi connectivity index (χ3v) is 3.04. The van der Waals surface area contributed by atoms with Crippen LogP contribution in [0.25, 0.3) is 0 Å². The van der Waals surface area contributed by atoms with Crippen molar-refractivity contribution in [2.24, 2.45) is 11.7 Å². The molecule has 1 unspecified atom stereocenters. The molecular formula is C9H18N2. The van der Waals surface area contributed by atoms with Crippen molar-refractivity contribution in [3.8, 4) is 0 Å². The van der Waals surface area contributed by atoms with E-state index in [9.17, 15) is 0 Å². The van der Waals surface area contributed by atoms with Crippen molar-refractivity contribution in [2.45, 2.75) is 37.3 Å². The quantitative estimate of drug-likeness (QED) is 0.652. The number of rotatable bonds is 3. The highest BCUT2D eigenvalue weighted by atomic mass is 15.2. The molecule has 2 heteroatoms. The molecule has 2 aliphatic carbocycles. The molecule has 11 heavy (non-hydrogen) atoms.